The Labute approximate surface area is 119 Å². The number of aromatic nitrogens is 2. The van der Waals surface area contributed by atoms with Gasteiger partial charge in [0.25, 0.3) is 11.6 Å². The Morgan fingerprint density at radius 2 is 2.14 bits per heavy atom. The Hall–Kier alpha value is -2.97. The number of pyridine rings is 1. The zero-order valence-electron chi connectivity index (χ0n) is 11.6. The SMILES string of the molecule is CNc1ncc([N+](=O)[O-])cc1C(=O)Nc1onc(C)c1C. The maximum Gasteiger partial charge on any atom is 0.288 e. The Morgan fingerprint density at radius 1 is 1.43 bits per heavy atom. The van der Waals surface area contributed by atoms with Crippen LogP contribution < -0.4 is 10.6 Å². The number of hydrogen-bond donors (Lipinski definition) is 2. The van der Waals surface area contributed by atoms with E-state index in [0.717, 1.165) is 12.3 Å². The van der Waals surface area contributed by atoms with Crippen molar-refractivity contribution in [3.63, 3.8) is 0 Å². The second kappa shape index (κ2) is 5.57. The number of anilines is 2. The molecule has 9 heteroatoms. The van der Waals surface area contributed by atoms with Gasteiger partial charge in [0.05, 0.1) is 16.2 Å². The van der Waals surface area contributed by atoms with Crippen LogP contribution >= 0.6 is 0 Å². The molecule has 110 valence electrons. The first kappa shape index (κ1) is 14.4. The highest BCUT2D eigenvalue weighted by Gasteiger charge is 2.20. The van der Waals surface area contributed by atoms with Crippen molar-refractivity contribution in [1.29, 1.82) is 0 Å². The maximum absolute atomic E-state index is 12.2. The van der Waals surface area contributed by atoms with Crippen LogP contribution in [0.5, 0.6) is 0 Å². The topological polar surface area (TPSA) is 123 Å². The van der Waals surface area contributed by atoms with E-state index in [2.05, 4.69) is 20.8 Å². The van der Waals surface area contributed by atoms with E-state index in [1.165, 1.54) is 0 Å². The van der Waals surface area contributed by atoms with Gasteiger partial charge in [-0.1, -0.05) is 5.16 Å². The third-order valence-corrected chi connectivity index (χ3v) is 2.95. The van der Waals surface area contributed by atoms with Crippen LogP contribution in [-0.4, -0.2) is 28.0 Å². The van der Waals surface area contributed by atoms with Gasteiger partial charge in [0.1, 0.15) is 12.0 Å². The molecule has 0 radical (unpaired) electrons. The second-order valence-electron chi connectivity index (χ2n) is 4.27. The van der Waals surface area contributed by atoms with Crippen molar-refractivity contribution < 1.29 is 14.2 Å². The first-order valence-electron chi connectivity index (χ1n) is 6.00. The van der Waals surface area contributed by atoms with Gasteiger partial charge in [0.15, 0.2) is 0 Å². The van der Waals surface area contributed by atoms with Gasteiger partial charge in [0.2, 0.25) is 5.88 Å². The van der Waals surface area contributed by atoms with Crippen LogP contribution in [0.2, 0.25) is 0 Å². The molecule has 0 aliphatic heterocycles. The average molecular weight is 291 g/mol. The van der Waals surface area contributed by atoms with Gasteiger partial charge in [-0.25, -0.2) is 4.98 Å². The van der Waals surface area contributed by atoms with E-state index in [1.54, 1.807) is 20.9 Å². The Morgan fingerprint density at radius 3 is 2.67 bits per heavy atom. The van der Waals surface area contributed by atoms with Gasteiger partial charge in [0, 0.05) is 18.7 Å². The fourth-order valence-electron chi connectivity index (χ4n) is 1.63. The van der Waals surface area contributed by atoms with Crippen LogP contribution in [0.25, 0.3) is 0 Å². The highest BCUT2D eigenvalue weighted by Crippen LogP contribution is 2.22. The molecule has 1 amide bonds. The molecule has 9 nitrogen and oxygen atoms in total. The molecular weight excluding hydrogens is 278 g/mol. The summed E-state index contributed by atoms with van der Waals surface area (Å²) in [6, 6.07) is 1.15. The Bertz CT molecular complexity index is 710. The largest absolute Gasteiger partial charge is 0.372 e. The lowest BCUT2D eigenvalue weighted by Crippen LogP contribution is -2.15. The predicted molar refractivity (Wildman–Crippen MR) is 74.4 cm³/mol. The lowest BCUT2D eigenvalue weighted by atomic mass is 10.2. The summed E-state index contributed by atoms with van der Waals surface area (Å²) in [5, 5.41) is 19.7. The molecular formula is C12H13N5O4. The zero-order valence-corrected chi connectivity index (χ0v) is 11.6. The number of nitrogens with zero attached hydrogens (tertiary/aromatic N) is 3. The Balaban J connectivity index is 2.35. The summed E-state index contributed by atoms with van der Waals surface area (Å²) in [4.78, 5) is 26.2. The number of amides is 1. The first-order valence-corrected chi connectivity index (χ1v) is 6.00. The lowest BCUT2D eigenvalue weighted by Gasteiger charge is -2.07. The van der Waals surface area contributed by atoms with Crippen molar-refractivity contribution in [2.45, 2.75) is 13.8 Å². The van der Waals surface area contributed by atoms with Crippen LogP contribution in [0.1, 0.15) is 21.6 Å². The minimum absolute atomic E-state index is 0.0418. The standard InChI is InChI=1S/C12H13N5O4/c1-6-7(2)16-21-12(6)15-11(18)9-4-8(17(19)20)5-14-10(9)13-3/h4-5H,1-3H3,(H,13,14)(H,15,18). The minimum atomic E-state index is -0.618. The van der Waals surface area contributed by atoms with Gasteiger partial charge in [-0.05, 0) is 13.8 Å². The van der Waals surface area contributed by atoms with E-state index in [4.69, 9.17) is 4.52 Å². The Kier molecular flexibility index (Phi) is 3.83. The van der Waals surface area contributed by atoms with Crippen molar-refractivity contribution >= 4 is 23.3 Å². The van der Waals surface area contributed by atoms with E-state index < -0.39 is 10.8 Å². The van der Waals surface area contributed by atoms with Crippen LogP contribution in [0, 0.1) is 24.0 Å². The van der Waals surface area contributed by atoms with E-state index in [1.807, 2.05) is 0 Å². The third-order valence-electron chi connectivity index (χ3n) is 2.95. The molecule has 0 unspecified atom stereocenters. The summed E-state index contributed by atoms with van der Waals surface area (Å²) in [7, 11) is 1.56. The molecule has 0 atom stereocenters. The zero-order chi connectivity index (χ0) is 15.6. The van der Waals surface area contributed by atoms with Crippen molar-refractivity contribution in [2.24, 2.45) is 0 Å². The first-order chi connectivity index (χ1) is 9.93. The highest BCUT2D eigenvalue weighted by molar-refractivity contribution is 6.07. The van der Waals surface area contributed by atoms with Crippen LogP contribution in [0.4, 0.5) is 17.4 Å². The fourth-order valence-corrected chi connectivity index (χ4v) is 1.63. The number of nitrogens with one attached hydrogen (secondary N) is 2. The molecule has 2 heterocycles. The predicted octanol–water partition coefficient (Wildman–Crippen LogP) is 1.89. The van der Waals surface area contributed by atoms with Crippen molar-refractivity contribution in [1.82, 2.24) is 10.1 Å². The molecule has 0 saturated carbocycles. The van der Waals surface area contributed by atoms with Gasteiger partial charge in [-0.2, -0.15) is 0 Å². The molecule has 0 fully saturated rings. The summed E-state index contributed by atoms with van der Waals surface area (Å²) in [5.74, 6) is -0.146. The molecule has 2 N–H and O–H groups in total. The number of carbonyl (C=O) groups is 1. The van der Waals surface area contributed by atoms with E-state index in [9.17, 15) is 14.9 Å². The molecule has 0 saturated heterocycles. The number of nitro groups is 1. The number of carbonyl (C=O) groups excluding carboxylic acids is 1. The second-order valence-corrected chi connectivity index (χ2v) is 4.27. The van der Waals surface area contributed by atoms with Gasteiger partial charge in [-0.15, -0.1) is 0 Å². The van der Waals surface area contributed by atoms with Crippen LogP contribution in [-0.2, 0) is 0 Å². The summed E-state index contributed by atoms with van der Waals surface area (Å²) in [6.07, 6.45) is 1.08. The average Bonchev–Trinajstić information content (AvgIpc) is 2.78. The molecule has 0 bridgehead atoms. The number of aryl methyl sites for hydroxylation is 1. The van der Waals surface area contributed by atoms with Gasteiger partial charge < -0.3 is 9.84 Å². The number of rotatable bonds is 4. The van der Waals surface area contributed by atoms with Crippen LogP contribution in [0.3, 0.4) is 0 Å². The summed E-state index contributed by atoms with van der Waals surface area (Å²) < 4.78 is 4.98. The van der Waals surface area contributed by atoms with Gasteiger partial charge in [-0.3, -0.25) is 20.2 Å². The van der Waals surface area contributed by atoms with Crippen molar-refractivity contribution in [3.05, 3.63) is 39.2 Å². The van der Waals surface area contributed by atoms with Crippen molar-refractivity contribution in [2.75, 3.05) is 17.7 Å². The minimum Gasteiger partial charge on any atom is -0.372 e. The van der Waals surface area contributed by atoms with E-state index in [-0.39, 0.29) is 23.0 Å². The summed E-state index contributed by atoms with van der Waals surface area (Å²) in [5.41, 5.74) is 1.11. The van der Waals surface area contributed by atoms with Crippen LogP contribution in [0.15, 0.2) is 16.8 Å². The fraction of sp³-hybridized carbons (Fsp3) is 0.250. The molecule has 0 aliphatic carbocycles. The highest BCUT2D eigenvalue weighted by atomic mass is 16.6. The third kappa shape index (κ3) is 2.81. The smallest absolute Gasteiger partial charge is 0.288 e. The normalized spacial score (nSPS) is 10.2. The molecule has 0 aliphatic rings. The molecule has 0 aromatic carbocycles. The monoisotopic (exact) mass is 291 g/mol. The maximum atomic E-state index is 12.2. The van der Waals surface area contributed by atoms with E-state index >= 15 is 0 Å². The number of hydrogen-bond acceptors (Lipinski definition) is 7. The lowest BCUT2D eigenvalue weighted by molar-refractivity contribution is -0.385. The molecule has 2 aromatic heterocycles. The molecule has 2 rings (SSSR count). The summed E-state index contributed by atoms with van der Waals surface area (Å²) in [6.45, 7) is 3.48. The van der Waals surface area contributed by atoms with Gasteiger partial charge >= 0.3 is 0 Å². The molecule has 0 spiro atoms. The molecule has 21 heavy (non-hydrogen) atoms. The summed E-state index contributed by atoms with van der Waals surface area (Å²) >= 11 is 0. The quantitative estimate of drug-likeness (QED) is 0.651. The van der Waals surface area contributed by atoms with E-state index in [0.29, 0.717) is 11.3 Å². The van der Waals surface area contributed by atoms with Crippen molar-refractivity contribution in [3.8, 4) is 0 Å². The molecule has 2 aromatic rings.